The zero-order valence-electron chi connectivity index (χ0n) is 13.1. The maximum absolute atomic E-state index is 12.2. The van der Waals surface area contributed by atoms with Crippen LogP contribution in [0.5, 0.6) is 0 Å². The van der Waals surface area contributed by atoms with Crippen LogP contribution >= 0.6 is 0 Å². The summed E-state index contributed by atoms with van der Waals surface area (Å²) in [6.07, 6.45) is 4.11. The third kappa shape index (κ3) is 4.04. The minimum atomic E-state index is -0.247. The van der Waals surface area contributed by atoms with Crippen molar-refractivity contribution in [1.29, 1.82) is 0 Å². The number of H-pyrrole nitrogens is 1. The topological polar surface area (TPSA) is 80.3 Å². The fraction of sp³-hybridized carbons (Fsp3) is 0.800. The van der Waals surface area contributed by atoms with Gasteiger partial charge in [-0.25, -0.2) is 4.98 Å². The van der Waals surface area contributed by atoms with Gasteiger partial charge < -0.3 is 14.4 Å². The monoisotopic (exact) mass is 308 g/mol. The zero-order chi connectivity index (χ0) is 15.4. The van der Waals surface area contributed by atoms with Gasteiger partial charge in [0.15, 0.2) is 5.82 Å². The third-order valence-corrected chi connectivity index (χ3v) is 4.02. The molecule has 1 aromatic heterocycles. The van der Waals surface area contributed by atoms with Crippen LogP contribution in [0.1, 0.15) is 43.9 Å². The summed E-state index contributed by atoms with van der Waals surface area (Å²) in [6.45, 7) is 4.58. The van der Waals surface area contributed by atoms with Gasteiger partial charge in [0.2, 0.25) is 5.91 Å². The number of rotatable bonds is 7. The Kier molecular flexibility index (Phi) is 5.04. The van der Waals surface area contributed by atoms with Crippen molar-refractivity contribution in [2.24, 2.45) is 5.92 Å². The highest BCUT2D eigenvalue weighted by Crippen LogP contribution is 2.28. The molecule has 0 bridgehead atoms. The molecule has 2 heterocycles. The number of morpholine rings is 1. The molecule has 0 unspecified atom stereocenters. The minimum Gasteiger partial charge on any atom is -0.371 e. The van der Waals surface area contributed by atoms with Crippen molar-refractivity contribution < 1.29 is 14.3 Å². The van der Waals surface area contributed by atoms with Crippen LogP contribution in [-0.2, 0) is 20.7 Å². The number of nitrogens with one attached hydrogen (secondary N) is 1. The second-order valence-electron chi connectivity index (χ2n) is 6.05. The SMILES string of the molecule is CCCc1nc([C@H]2CN(C(=O)COCC3CC3)CCO2)n[nH]1. The Hall–Kier alpha value is -1.47. The van der Waals surface area contributed by atoms with Gasteiger partial charge in [0, 0.05) is 13.0 Å². The highest BCUT2D eigenvalue weighted by molar-refractivity contribution is 5.77. The molecule has 1 aliphatic carbocycles. The van der Waals surface area contributed by atoms with Gasteiger partial charge >= 0.3 is 0 Å². The molecule has 1 N–H and O–H groups in total. The maximum atomic E-state index is 12.2. The van der Waals surface area contributed by atoms with Crippen LogP contribution in [0.4, 0.5) is 0 Å². The smallest absolute Gasteiger partial charge is 0.248 e. The Bertz CT molecular complexity index is 501. The standard InChI is InChI=1S/C15H24N4O3/c1-2-3-13-16-15(18-17-13)12-8-19(6-7-22-12)14(20)10-21-9-11-4-5-11/h11-12H,2-10H2,1H3,(H,16,17,18)/t12-/m1/s1. The molecule has 0 radical (unpaired) electrons. The second-order valence-corrected chi connectivity index (χ2v) is 6.05. The first-order valence-corrected chi connectivity index (χ1v) is 8.14. The molecule has 2 aliphatic rings. The summed E-state index contributed by atoms with van der Waals surface area (Å²) in [6, 6.07) is 0. The largest absolute Gasteiger partial charge is 0.371 e. The molecule has 7 nitrogen and oxygen atoms in total. The number of carbonyl (C=O) groups excluding carboxylic acids is 1. The number of aryl methyl sites for hydroxylation is 1. The second kappa shape index (κ2) is 7.19. The summed E-state index contributed by atoms with van der Waals surface area (Å²) in [5, 5.41) is 7.15. The molecular weight excluding hydrogens is 284 g/mol. The van der Waals surface area contributed by atoms with Crippen molar-refractivity contribution in [3.05, 3.63) is 11.6 Å². The Morgan fingerprint density at radius 1 is 1.50 bits per heavy atom. The van der Waals surface area contributed by atoms with E-state index in [1.165, 1.54) is 12.8 Å². The van der Waals surface area contributed by atoms with E-state index in [0.29, 0.717) is 38.0 Å². The number of aromatic nitrogens is 3. The van der Waals surface area contributed by atoms with Gasteiger partial charge in [-0.1, -0.05) is 6.92 Å². The Morgan fingerprint density at radius 3 is 3.14 bits per heavy atom. The van der Waals surface area contributed by atoms with Crippen LogP contribution in [0, 0.1) is 5.92 Å². The number of ether oxygens (including phenoxy) is 2. The summed E-state index contributed by atoms with van der Waals surface area (Å²) in [5.74, 6) is 2.21. The number of nitrogens with zero attached hydrogens (tertiary/aromatic N) is 3. The van der Waals surface area contributed by atoms with E-state index in [1.807, 2.05) is 0 Å². The lowest BCUT2D eigenvalue weighted by molar-refractivity contribution is -0.144. The first-order valence-electron chi connectivity index (χ1n) is 8.14. The van der Waals surface area contributed by atoms with Crippen molar-refractivity contribution in [2.75, 3.05) is 32.9 Å². The normalized spacial score (nSPS) is 22.0. The van der Waals surface area contributed by atoms with Gasteiger partial charge in [0.05, 0.1) is 19.8 Å². The molecule has 7 heteroatoms. The van der Waals surface area contributed by atoms with Crippen LogP contribution in [0.15, 0.2) is 0 Å². The lowest BCUT2D eigenvalue weighted by atomic mass is 10.2. The highest BCUT2D eigenvalue weighted by Gasteiger charge is 2.28. The molecule has 1 saturated carbocycles. The first kappa shape index (κ1) is 15.4. The molecule has 122 valence electrons. The van der Waals surface area contributed by atoms with E-state index in [2.05, 4.69) is 22.1 Å². The van der Waals surface area contributed by atoms with Crippen molar-refractivity contribution in [1.82, 2.24) is 20.1 Å². The van der Waals surface area contributed by atoms with E-state index in [-0.39, 0.29) is 18.6 Å². The van der Waals surface area contributed by atoms with Crippen LogP contribution in [0.25, 0.3) is 0 Å². The van der Waals surface area contributed by atoms with Gasteiger partial charge in [-0.3, -0.25) is 9.89 Å². The summed E-state index contributed by atoms with van der Waals surface area (Å²) >= 11 is 0. The summed E-state index contributed by atoms with van der Waals surface area (Å²) in [5.41, 5.74) is 0. The molecule has 0 spiro atoms. The van der Waals surface area contributed by atoms with Crippen molar-refractivity contribution in [3.63, 3.8) is 0 Å². The highest BCUT2D eigenvalue weighted by atomic mass is 16.5. The Labute approximate surface area is 130 Å². The Morgan fingerprint density at radius 2 is 2.36 bits per heavy atom. The number of aromatic amines is 1. The van der Waals surface area contributed by atoms with Gasteiger partial charge in [0.25, 0.3) is 0 Å². The van der Waals surface area contributed by atoms with Crippen LogP contribution < -0.4 is 0 Å². The zero-order valence-corrected chi connectivity index (χ0v) is 13.1. The van der Waals surface area contributed by atoms with E-state index in [1.54, 1.807) is 4.90 Å². The van der Waals surface area contributed by atoms with E-state index >= 15 is 0 Å². The van der Waals surface area contributed by atoms with Crippen molar-refractivity contribution in [3.8, 4) is 0 Å². The average Bonchev–Trinajstić information content (AvgIpc) is 3.24. The minimum absolute atomic E-state index is 0.0262. The fourth-order valence-electron chi connectivity index (χ4n) is 2.52. The number of hydrogen-bond donors (Lipinski definition) is 1. The Balaban J connectivity index is 1.49. The summed E-state index contributed by atoms with van der Waals surface area (Å²) < 4.78 is 11.2. The molecule has 1 amide bonds. The van der Waals surface area contributed by atoms with E-state index < -0.39 is 0 Å². The first-order chi connectivity index (χ1) is 10.8. The molecular formula is C15H24N4O3. The van der Waals surface area contributed by atoms with Gasteiger partial charge in [-0.2, -0.15) is 5.10 Å². The maximum Gasteiger partial charge on any atom is 0.248 e. The van der Waals surface area contributed by atoms with E-state index in [0.717, 1.165) is 18.7 Å². The van der Waals surface area contributed by atoms with Gasteiger partial charge in [-0.15, -0.1) is 0 Å². The quantitative estimate of drug-likeness (QED) is 0.815. The summed E-state index contributed by atoms with van der Waals surface area (Å²) in [7, 11) is 0. The molecule has 1 aliphatic heterocycles. The van der Waals surface area contributed by atoms with Crippen molar-refractivity contribution in [2.45, 2.75) is 38.7 Å². The third-order valence-electron chi connectivity index (χ3n) is 4.02. The predicted octanol–water partition coefficient (Wildman–Crippen LogP) is 1.08. The lowest BCUT2D eigenvalue weighted by Crippen LogP contribution is -2.44. The molecule has 22 heavy (non-hydrogen) atoms. The predicted molar refractivity (Wildman–Crippen MR) is 79.2 cm³/mol. The van der Waals surface area contributed by atoms with E-state index in [4.69, 9.17) is 9.47 Å². The van der Waals surface area contributed by atoms with E-state index in [9.17, 15) is 4.79 Å². The molecule has 1 saturated heterocycles. The van der Waals surface area contributed by atoms with Gasteiger partial charge in [-0.05, 0) is 25.2 Å². The molecule has 1 aromatic rings. The molecule has 2 fully saturated rings. The molecule has 0 aromatic carbocycles. The number of hydrogen-bond acceptors (Lipinski definition) is 5. The fourth-order valence-corrected chi connectivity index (χ4v) is 2.52. The molecule has 3 rings (SSSR count). The average molecular weight is 308 g/mol. The number of carbonyl (C=O) groups is 1. The lowest BCUT2D eigenvalue weighted by Gasteiger charge is -2.31. The van der Waals surface area contributed by atoms with Crippen molar-refractivity contribution >= 4 is 5.91 Å². The van der Waals surface area contributed by atoms with Gasteiger partial charge in [0.1, 0.15) is 18.5 Å². The van der Waals surface area contributed by atoms with Crippen LogP contribution in [-0.4, -0.2) is 58.9 Å². The summed E-state index contributed by atoms with van der Waals surface area (Å²) in [4.78, 5) is 18.4. The van der Waals surface area contributed by atoms with Crippen LogP contribution in [0.2, 0.25) is 0 Å². The van der Waals surface area contributed by atoms with Crippen LogP contribution in [0.3, 0.4) is 0 Å². The molecule has 1 atom stereocenters. The number of amides is 1.